The molecule has 0 saturated carbocycles. The van der Waals surface area contributed by atoms with Crippen molar-refractivity contribution in [1.82, 2.24) is 14.7 Å². The molecule has 0 saturated heterocycles. The number of carbonyl (C=O) groups excluding carboxylic acids is 1. The fourth-order valence-corrected chi connectivity index (χ4v) is 1.66. The quantitative estimate of drug-likeness (QED) is 0.810. The van der Waals surface area contributed by atoms with E-state index in [1.165, 1.54) is 0 Å². The van der Waals surface area contributed by atoms with Gasteiger partial charge in [-0.25, -0.2) is 0 Å². The molecule has 0 aliphatic carbocycles. The summed E-state index contributed by atoms with van der Waals surface area (Å²) in [6.07, 6.45) is 1.58. The molecule has 1 aromatic rings. The van der Waals surface area contributed by atoms with Gasteiger partial charge < -0.3 is 10.6 Å². The predicted octanol–water partition coefficient (Wildman–Crippen LogP) is 0.865. The summed E-state index contributed by atoms with van der Waals surface area (Å²) in [5.41, 5.74) is 6.94. The van der Waals surface area contributed by atoms with Crippen molar-refractivity contribution in [3.63, 3.8) is 0 Å². The van der Waals surface area contributed by atoms with Crippen molar-refractivity contribution in [2.45, 2.75) is 26.8 Å². The molecule has 1 amide bonds. The van der Waals surface area contributed by atoms with Crippen molar-refractivity contribution in [1.29, 1.82) is 0 Å². The summed E-state index contributed by atoms with van der Waals surface area (Å²) >= 11 is 4.86. The number of thiocarbonyl (C=S) groups is 1. The van der Waals surface area contributed by atoms with Gasteiger partial charge in [-0.15, -0.1) is 0 Å². The second kappa shape index (κ2) is 5.27. The molecule has 0 unspecified atom stereocenters. The minimum Gasteiger partial charge on any atom is -0.392 e. The van der Waals surface area contributed by atoms with Crippen LogP contribution in [0.4, 0.5) is 0 Å². The van der Waals surface area contributed by atoms with Crippen LogP contribution in [0.2, 0.25) is 0 Å². The molecule has 5 nitrogen and oxygen atoms in total. The molecule has 94 valence electrons. The lowest BCUT2D eigenvalue weighted by molar-refractivity contribution is 0.0735. The smallest absolute Gasteiger partial charge is 0.257 e. The minimum atomic E-state index is -0.0848. The van der Waals surface area contributed by atoms with Gasteiger partial charge in [-0.05, 0) is 20.8 Å². The number of rotatable bonds is 4. The summed E-state index contributed by atoms with van der Waals surface area (Å²) in [5, 5.41) is 4.06. The molecule has 0 spiro atoms. The van der Waals surface area contributed by atoms with Gasteiger partial charge >= 0.3 is 0 Å². The predicted molar refractivity (Wildman–Crippen MR) is 70.9 cm³/mol. The van der Waals surface area contributed by atoms with E-state index in [0.29, 0.717) is 17.1 Å². The number of aryl methyl sites for hydroxylation is 1. The van der Waals surface area contributed by atoms with E-state index in [0.717, 1.165) is 5.69 Å². The van der Waals surface area contributed by atoms with Crippen LogP contribution in [-0.4, -0.2) is 38.2 Å². The Kier molecular flexibility index (Phi) is 4.22. The zero-order valence-corrected chi connectivity index (χ0v) is 11.4. The Balaban J connectivity index is 3.00. The van der Waals surface area contributed by atoms with Crippen molar-refractivity contribution in [3.8, 4) is 0 Å². The Labute approximate surface area is 107 Å². The second-order valence-corrected chi connectivity index (χ2v) is 4.78. The molecule has 0 fully saturated rings. The number of amides is 1. The molecule has 0 radical (unpaired) electrons. The van der Waals surface area contributed by atoms with Crippen LogP contribution in [0.15, 0.2) is 6.20 Å². The lowest BCUT2D eigenvalue weighted by atomic mass is 10.2. The van der Waals surface area contributed by atoms with Crippen molar-refractivity contribution >= 4 is 23.1 Å². The Morgan fingerprint density at radius 2 is 2.24 bits per heavy atom. The molecule has 1 rings (SSSR count). The molecule has 0 aliphatic heterocycles. The van der Waals surface area contributed by atoms with Crippen LogP contribution in [0, 0.1) is 6.92 Å². The number of hydrogen-bond donors (Lipinski definition) is 1. The number of aromatic nitrogens is 2. The molecule has 0 aromatic carbocycles. The summed E-state index contributed by atoms with van der Waals surface area (Å²) in [6.45, 7) is 6.02. The van der Waals surface area contributed by atoms with Gasteiger partial charge in [-0.1, -0.05) is 12.2 Å². The Morgan fingerprint density at radius 3 is 2.59 bits per heavy atom. The first-order valence-electron chi connectivity index (χ1n) is 5.42. The summed E-state index contributed by atoms with van der Waals surface area (Å²) in [7, 11) is 1.80. The molecule has 1 aromatic heterocycles. The SMILES string of the molecule is Cc1c(C(=O)N(CC(N)=S)C(C)C)cnn1C. The lowest BCUT2D eigenvalue weighted by Crippen LogP contribution is -2.42. The molecule has 1 heterocycles. The summed E-state index contributed by atoms with van der Waals surface area (Å²) in [4.78, 5) is 14.3. The number of hydrogen-bond acceptors (Lipinski definition) is 3. The van der Waals surface area contributed by atoms with E-state index in [2.05, 4.69) is 5.10 Å². The first kappa shape index (κ1) is 13.6. The maximum Gasteiger partial charge on any atom is 0.257 e. The Hall–Kier alpha value is -1.43. The van der Waals surface area contributed by atoms with Gasteiger partial charge in [-0.2, -0.15) is 5.10 Å². The van der Waals surface area contributed by atoms with Crippen LogP contribution in [-0.2, 0) is 7.05 Å². The van der Waals surface area contributed by atoms with Crippen molar-refractivity contribution in [2.75, 3.05) is 6.54 Å². The van der Waals surface area contributed by atoms with Crippen LogP contribution in [0.25, 0.3) is 0 Å². The average Bonchev–Trinajstić information content (AvgIpc) is 2.55. The molecule has 0 aliphatic rings. The van der Waals surface area contributed by atoms with E-state index in [1.807, 2.05) is 20.8 Å². The number of carbonyl (C=O) groups is 1. The third-order valence-electron chi connectivity index (χ3n) is 2.68. The van der Waals surface area contributed by atoms with E-state index in [1.54, 1.807) is 22.8 Å². The van der Waals surface area contributed by atoms with Gasteiger partial charge in [0, 0.05) is 18.8 Å². The van der Waals surface area contributed by atoms with Crippen LogP contribution in [0.5, 0.6) is 0 Å². The van der Waals surface area contributed by atoms with Crippen LogP contribution < -0.4 is 5.73 Å². The van der Waals surface area contributed by atoms with Crippen molar-refractivity contribution in [3.05, 3.63) is 17.5 Å². The maximum atomic E-state index is 12.3. The van der Waals surface area contributed by atoms with Gasteiger partial charge in [-0.3, -0.25) is 9.48 Å². The highest BCUT2D eigenvalue weighted by Crippen LogP contribution is 2.11. The molecular formula is C11H18N4OS. The monoisotopic (exact) mass is 254 g/mol. The first-order valence-corrected chi connectivity index (χ1v) is 5.83. The van der Waals surface area contributed by atoms with Gasteiger partial charge in [0.25, 0.3) is 5.91 Å². The normalized spacial score (nSPS) is 10.6. The van der Waals surface area contributed by atoms with E-state index in [-0.39, 0.29) is 11.9 Å². The van der Waals surface area contributed by atoms with E-state index < -0.39 is 0 Å². The Bertz CT molecular complexity index is 439. The van der Waals surface area contributed by atoms with E-state index >= 15 is 0 Å². The minimum absolute atomic E-state index is 0.0450. The molecule has 17 heavy (non-hydrogen) atoms. The average molecular weight is 254 g/mol. The zero-order valence-electron chi connectivity index (χ0n) is 10.6. The highest BCUT2D eigenvalue weighted by molar-refractivity contribution is 7.80. The number of nitrogens with zero attached hydrogens (tertiary/aromatic N) is 3. The topological polar surface area (TPSA) is 64.2 Å². The fraction of sp³-hybridized carbons (Fsp3) is 0.545. The molecule has 2 N–H and O–H groups in total. The fourth-order valence-electron chi connectivity index (χ4n) is 1.52. The van der Waals surface area contributed by atoms with E-state index in [4.69, 9.17) is 18.0 Å². The van der Waals surface area contributed by atoms with E-state index in [9.17, 15) is 4.79 Å². The summed E-state index contributed by atoms with van der Waals surface area (Å²) < 4.78 is 1.67. The largest absolute Gasteiger partial charge is 0.392 e. The summed E-state index contributed by atoms with van der Waals surface area (Å²) in [6, 6.07) is 0.0450. The van der Waals surface area contributed by atoms with Gasteiger partial charge in [0.2, 0.25) is 0 Å². The Morgan fingerprint density at radius 1 is 1.65 bits per heavy atom. The highest BCUT2D eigenvalue weighted by atomic mass is 32.1. The highest BCUT2D eigenvalue weighted by Gasteiger charge is 2.22. The van der Waals surface area contributed by atoms with Gasteiger partial charge in [0.15, 0.2) is 0 Å². The van der Waals surface area contributed by atoms with Crippen LogP contribution in [0.3, 0.4) is 0 Å². The van der Waals surface area contributed by atoms with Gasteiger partial charge in [0.05, 0.1) is 23.3 Å². The molecule has 0 atom stereocenters. The van der Waals surface area contributed by atoms with Crippen molar-refractivity contribution < 1.29 is 4.79 Å². The van der Waals surface area contributed by atoms with Gasteiger partial charge in [0.1, 0.15) is 0 Å². The van der Waals surface area contributed by atoms with Crippen LogP contribution in [0.1, 0.15) is 29.9 Å². The summed E-state index contributed by atoms with van der Waals surface area (Å²) in [5.74, 6) is -0.0848. The zero-order chi connectivity index (χ0) is 13.2. The standard InChI is InChI=1S/C11H18N4OS/c1-7(2)15(6-10(12)17)11(16)9-5-13-14(4)8(9)3/h5,7H,6H2,1-4H3,(H2,12,17). The third kappa shape index (κ3) is 3.03. The maximum absolute atomic E-state index is 12.3. The second-order valence-electron chi connectivity index (χ2n) is 4.26. The lowest BCUT2D eigenvalue weighted by Gasteiger charge is -2.26. The number of nitrogens with two attached hydrogens (primary N) is 1. The van der Waals surface area contributed by atoms with Crippen molar-refractivity contribution in [2.24, 2.45) is 12.8 Å². The first-order chi connectivity index (χ1) is 7.84. The van der Waals surface area contributed by atoms with Crippen LogP contribution >= 0.6 is 12.2 Å². The molecule has 0 bridgehead atoms. The third-order valence-corrected chi connectivity index (χ3v) is 2.81. The molecule has 6 heteroatoms. The molecular weight excluding hydrogens is 236 g/mol.